The molecule has 0 radical (unpaired) electrons. The zero-order valence-electron chi connectivity index (χ0n) is 19.6. The van der Waals surface area contributed by atoms with Crippen molar-refractivity contribution in [3.8, 4) is 17.2 Å². The Balaban J connectivity index is 2.60. The highest BCUT2D eigenvalue weighted by molar-refractivity contribution is 5.73. The molecular formula is C25H42O5. The van der Waals surface area contributed by atoms with Gasteiger partial charge in [-0.2, -0.15) is 0 Å². The molecule has 0 fully saturated rings. The minimum Gasteiger partial charge on any atom is -0.508 e. The van der Waals surface area contributed by atoms with Crippen LogP contribution in [-0.4, -0.2) is 26.4 Å². The molecule has 0 spiro atoms. The van der Waals surface area contributed by atoms with E-state index in [9.17, 15) is 25.2 Å². The summed E-state index contributed by atoms with van der Waals surface area (Å²) in [6, 6.07) is 1.21. The van der Waals surface area contributed by atoms with E-state index in [1.165, 1.54) is 18.9 Å². The summed E-state index contributed by atoms with van der Waals surface area (Å²) in [6.07, 6.45) is 9.75. The molecule has 1 aromatic carbocycles. The highest BCUT2D eigenvalue weighted by Gasteiger charge is 2.26. The zero-order chi connectivity index (χ0) is 22.9. The van der Waals surface area contributed by atoms with Crippen LogP contribution in [0.2, 0.25) is 0 Å². The van der Waals surface area contributed by atoms with Crippen LogP contribution < -0.4 is 0 Å². The summed E-state index contributed by atoms with van der Waals surface area (Å²) < 4.78 is 0. The molecule has 1 rings (SSSR count). The van der Waals surface area contributed by atoms with Crippen LogP contribution in [0.15, 0.2) is 6.07 Å². The summed E-state index contributed by atoms with van der Waals surface area (Å²) in [4.78, 5) is 11.2. The quantitative estimate of drug-likeness (QED) is 0.164. The number of unbranched alkanes of at least 4 members (excludes halogenated alkanes) is 5. The number of phenolic OH excluding ortho intramolecular Hbond substituents is 3. The van der Waals surface area contributed by atoms with E-state index in [-0.39, 0.29) is 17.2 Å². The Morgan fingerprint density at radius 1 is 0.733 bits per heavy atom. The summed E-state index contributed by atoms with van der Waals surface area (Å²) >= 11 is 0. The number of carboxylic acids is 1. The first kappa shape index (κ1) is 26.1. The van der Waals surface area contributed by atoms with Crippen molar-refractivity contribution in [2.45, 2.75) is 105 Å². The lowest BCUT2D eigenvalue weighted by molar-refractivity contribution is -0.147. The highest BCUT2D eigenvalue weighted by Crippen LogP contribution is 2.39. The maximum atomic E-state index is 11.2. The molecule has 0 heterocycles. The summed E-state index contributed by atoms with van der Waals surface area (Å²) in [5, 5.41) is 39.8. The van der Waals surface area contributed by atoms with Crippen molar-refractivity contribution in [3.63, 3.8) is 0 Å². The number of carboxylic acid groups (broad SMARTS) is 1. The number of hydrogen-bond donors (Lipinski definition) is 4. The van der Waals surface area contributed by atoms with Crippen LogP contribution in [0.5, 0.6) is 17.2 Å². The van der Waals surface area contributed by atoms with Crippen molar-refractivity contribution in [2.75, 3.05) is 0 Å². The second-order valence-electron chi connectivity index (χ2n) is 10.4. The molecule has 0 aliphatic carbocycles. The highest BCUT2D eigenvalue weighted by atomic mass is 16.4. The SMILES string of the molecule is CC(C)(C)CCCCCCc1c(O)c(O)cc(O)c1CCCCCC(C)(C)C(=O)O. The molecule has 0 aromatic heterocycles. The number of hydrogen-bond acceptors (Lipinski definition) is 4. The van der Waals surface area contributed by atoms with E-state index in [0.717, 1.165) is 38.5 Å². The Kier molecular flexibility index (Phi) is 9.99. The largest absolute Gasteiger partial charge is 0.508 e. The van der Waals surface area contributed by atoms with Crippen LogP contribution in [0.3, 0.4) is 0 Å². The van der Waals surface area contributed by atoms with E-state index >= 15 is 0 Å². The van der Waals surface area contributed by atoms with Gasteiger partial charge < -0.3 is 20.4 Å². The first-order chi connectivity index (χ1) is 13.8. The minimum atomic E-state index is -0.784. The minimum absolute atomic E-state index is 0.0268. The molecule has 0 aliphatic heterocycles. The van der Waals surface area contributed by atoms with Gasteiger partial charge in [-0.15, -0.1) is 0 Å². The summed E-state index contributed by atoms with van der Waals surface area (Å²) in [5.41, 5.74) is 0.978. The number of aromatic hydroxyl groups is 3. The maximum absolute atomic E-state index is 11.2. The van der Waals surface area contributed by atoms with Crippen molar-refractivity contribution in [1.29, 1.82) is 0 Å². The van der Waals surface area contributed by atoms with Gasteiger partial charge in [0.05, 0.1) is 5.41 Å². The number of benzene rings is 1. The van der Waals surface area contributed by atoms with Crippen LogP contribution in [0, 0.1) is 10.8 Å². The van der Waals surface area contributed by atoms with Crippen LogP contribution in [0.1, 0.15) is 104 Å². The normalized spacial score (nSPS) is 12.3. The van der Waals surface area contributed by atoms with Gasteiger partial charge in [-0.25, -0.2) is 0 Å². The van der Waals surface area contributed by atoms with Crippen molar-refractivity contribution >= 4 is 5.97 Å². The van der Waals surface area contributed by atoms with Gasteiger partial charge in [-0.3, -0.25) is 4.79 Å². The summed E-state index contributed by atoms with van der Waals surface area (Å²) in [7, 11) is 0. The topological polar surface area (TPSA) is 98.0 Å². The third-order valence-corrected chi connectivity index (χ3v) is 5.89. The molecule has 30 heavy (non-hydrogen) atoms. The van der Waals surface area contributed by atoms with Gasteiger partial charge in [-0.05, 0) is 57.8 Å². The van der Waals surface area contributed by atoms with Crippen LogP contribution >= 0.6 is 0 Å². The van der Waals surface area contributed by atoms with E-state index < -0.39 is 11.4 Å². The molecule has 1 aromatic rings. The molecule has 0 unspecified atom stereocenters. The van der Waals surface area contributed by atoms with Crippen molar-refractivity contribution in [3.05, 3.63) is 17.2 Å². The van der Waals surface area contributed by atoms with Crippen LogP contribution in [0.25, 0.3) is 0 Å². The zero-order valence-corrected chi connectivity index (χ0v) is 19.6. The van der Waals surface area contributed by atoms with Gasteiger partial charge in [-0.1, -0.05) is 52.9 Å². The lowest BCUT2D eigenvalue weighted by Crippen LogP contribution is -2.23. The predicted octanol–water partition coefficient (Wildman–Crippen LogP) is 6.56. The molecule has 172 valence electrons. The molecule has 0 amide bonds. The van der Waals surface area contributed by atoms with Gasteiger partial charge in [0.25, 0.3) is 0 Å². The van der Waals surface area contributed by atoms with Crippen LogP contribution in [0.4, 0.5) is 0 Å². The fraction of sp³-hybridized carbons (Fsp3) is 0.720. The first-order valence-electron chi connectivity index (χ1n) is 11.3. The first-order valence-corrected chi connectivity index (χ1v) is 11.3. The van der Waals surface area contributed by atoms with E-state index in [0.29, 0.717) is 35.8 Å². The number of rotatable bonds is 13. The Hall–Kier alpha value is -1.91. The van der Waals surface area contributed by atoms with Gasteiger partial charge in [0.2, 0.25) is 0 Å². The Labute approximate surface area is 182 Å². The van der Waals surface area contributed by atoms with Gasteiger partial charge in [0.1, 0.15) is 5.75 Å². The van der Waals surface area contributed by atoms with Gasteiger partial charge >= 0.3 is 5.97 Å². The van der Waals surface area contributed by atoms with E-state index in [2.05, 4.69) is 20.8 Å². The Morgan fingerprint density at radius 2 is 1.23 bits per heavy atom. The lowest BCUT2D eigenvalue weighted by Gasteiger charge is -2.19. The molecule has 5 heteroatoms. The second kappa shape index (κ2) is 11.5. The van der Waals surface area contributed by atoms with Crippen molar-refractivity contribution < 1.29 is 25.2 Å². The monoisotopic (exact) mass is 422 g/mol. The van der Waals surface area contributed by atoms with Crippen molar-refractivity contribution in [2.24, 2.45) is 10.8 Å². The smallest absolute Gasteiger partial charge is 0.309 e. The third-order valence-electron chi connectivity index (χ3n) is 5.89. The van der Waals surface area contributed by atoms with Gasteiger partial charge in [0.15, 0.2) is 11.5 Å². The van der Waals surface area contributed by atoms with E-state index in [1.54, 1.807) is 13.8 Å². The second-order valence-corrected chi connectivity index (χ2v) is 10.4. The average Bonchev–Trinajstić information content (AvgIpc) is 2.62. The Morgan fingerprint density at radius 3 is 1.80 bits per heavy atom. The Bertz CT molecular complexity index is 686. The summed E-state index contributed by atoms with van der Waals surface area (Å²) in [5.74, 6) is -1.15. The molecule has 0 aliphatic rings. The van der Waals surface area contributed by atoms with Crippen molar-refractivity contribution in [1.82, 2.24) is 0 Å². The average molecular weight is 423 g/mol. The third kappa shape index (κ3) is 8.85. The summed E-state index contributed by atoms with van der Waals surface area (Å²) in [6.45, 7) is 10.2. The maximum Gasteiger partial charge on any atom is 0.309 e. The van der Waals surface area contributed by atoms with Gasteiger partial charge in [0, 0.05) is 17.2 Å². The molecule has 0 saturated heterocycles. The molecule has 5 nitrogen and oxygen atoms in total. The standard InChI is InChI=1S/C25H42O5/c1-24(2,3)15-11-7-6-9-14-19-18(20(26)17-21(27)22(19)28)13-10-8-12-16-25(4,5)23(29)30/h17,26-28H,6-16H2,1-5H3,(H,29,30). The fourth-order valence-electron chi connectivity index (χ4n) is 3.75. The number of phenols is 3. The predicted molar refractivity (Wildman–Crippen MR) is 121 cm³/mol. The van der Waals surface area contributed by atoms with E-state index in [1.807, 2.05) is 0 Å². The molecule has 4 N–H and O–H groups in total. The number of aliphatic carboxylic acids is 1. The molecule has 0 bridgehead atoms. The molecular weight excluding hydrogens is 380 g/mol. The molecule has 0 saturated carbocycles. The molecule has 0 atom stereocenters. The number of carbonyl (C=O) groups is 1. The fourth-order valence-corrected chi connectivity index (χ4v) is 3.75. The lowest BCUT2D eigenvalue weighted by atomic mass is 9.86. The van der Waals surface area contributed by atoms with E-state index in [4.69, 9.17) is 0 Å². The van der Waals surface area contributed by atoms with Crippen LogP contribution in [-0.2, 0) is 17.6 Å².